The number of rotatable bonds is 8. The molecule has 150 valence electrons. The zero-order valence-electron chi connectivity index (χ0n) is 17.5. The van der Waals surface area contributed by atoms with E-state index in [4.69, 9.17) is 0 Å². The van der Waals surface area contributed by atoms with Crippen LogP contribution < -0.4 is 0 Å². The third kappa shape index (κ3) is 5.15. The summed E-state index contributed by atoms with van der Waals surface area (Å²) in [5, 5.41) is 0. The Morgan fingerprint density at radius 2 is 1.89 bits per heavy atom. The second-order valence-electron chi connectivity index (χ2n) is 8.84. The number of halogens is 1. The van der Waals surface area contributed by atoms with Gasteiger partial charge in [-0.15, -0.1) is 5.73 Å². The van der Waals surface area contributed by atoms with E-state index in [2.05, 4.69) is 74.7 Å². The van der Waals surface area contributed by atoms with Crippen molar-refractivity contribution in [3.63, 3.8) is 0 Å². The molecule has 3 rings (SSSR count). The Morgan fingerprint density at radius 3 is 2.57 bits per heavy atom. The summed E-state index contributed by atoms with van der Waals surface area (Å²) in [7, 11) is 0. The first kappa shape index (κ1) is 20.9. The lowest BCUT2D eigenvalue weighted by Gasteiger charge is -2.21. The van der Waals surface area contributed by atoms with Crippen molar-refractivity contribution >= 4 is 0 Å². The van der Waals surface area contributed by atoms with Crippen LogP contribution in [0.1, 0.15) is 50.7 Å². The lowest BCUT2D eigenvalue weighted by Crippen LogP contribution is -2.16. The Bertz CT molecular complexity index is 711. The van der Waals surface area contributed by atoms with Gasteiger partial charge in [0.05, 0.1) is 0 Å². The van der Waals surface area contributed by atoms with Gasteiger partial charge in [0.2, 0.25) is 0 Å². The SMILES string of the molecule is C=C=CCC/C=C\CC1C(/C=C/C(C)C2Cc3ccccc3C2)C(F)C[C@@H]1C. The van der Waals surface area contributed by atoms with E-state index in [0.717, 1.165) is 32.1 Å². The Labute approximate surface area is 170 Å². The van der Waals surface area contributed by atoms with Gasteiger partial charge < -0.3 is 0 Å². The smallest absolute Gasteiger partial charge is 0.107 e. The van der Waals surface area contributed by atoms with Gasteiger partial charge in [-0.1, -0.05) is 69.0 Å². The van der Waals surface area contributed by atoms with Crippen LogP contribution in [0.25, 0.3) is 0 Å². The molecule has 0 nitrogen and oxygen atoms in total. The lowest BCUT2D eigenvalue weighted by molar-refractivity contribution is 0.269. The van der Waals surface area contributed by atoms with Gasteiger partial charge in [0.25, 0.3) is 0 Å². The van der Waals surface area contributed by atoms with E-state index in [0.29, 0.717) is 30.1 Å². The predicted octanol–water partition coefficient (Wildman–Crippen LogP) is 7.27. The van der Waals surface area contributed by atoms with Crippen LogP contribution in [0.5, 0.6) is 0 Å². The molecule has 1 saturated carbocycles. The predicted molar refractivity (Wildman–Crippen MR) is 118 cm³/mol. The van der Waals surface area contributed by atoms with Gasteiger partial charge in [-0.2, -0.15) is 0 Å². The van der Waals surface area contributed by atoms with Gasteiger partial charge in [-0.05, 0) is 79.4 Å². The van der Waals surface area contributed by atoms with Crippen LogP contribution in [0.3, 0.4) is 0 Å². The first-order valence-corrected chi connectivity index (χ1v) is 11.0. The number of unbranched alkanes of at least 4 members (excludes halogenated alkanes) is 1. The highest BCUT2D eigenvalue weighted by Crippen LogP contribution is 2.42. The maximum Gasteiger partial charge on any atom is 0.107 e. The topological polar surface area (TPSA) is 0 Å². The van der Waals surface area contributed by atoms with Crippen molar-refractivity contribution in [1.82, 2.24) is 0 Å². The Hall–Kier alpha value is -1.85. The van der Waals surface area contributed by atoms with Crippen molar-refractivity contribution in [2.45, 2.75) is 58.5 Å². The summed E-state index contributed by atoms with van der Waals surface area (Å²) < 4.78 is 14.7. The molecule has 2 aliphatic carbocycles. The fourth-order valence-electron chi connectivity index (χ4n) is 5.07. The molecule has 0 spiro atoms. The fourth-order valence-corrected chi connectivity index (χ4v) is 5.07. The summed E-state index contributed by atoms with van der Waals surface area (Å²) in [4.78, 5) is 0. The second kappa shape index (κ2) is 10.1. The normalized spacial score (nSPS) is 28.7. The molecule has 1 heteroatoms. The molecule has 4 unspecified atom stereocenters. The molecule has 0 amide bonds. The maximum absolute atomic E-state index is 14.7. The van der Waals surface area contributed by atoms with Gasteiger partial charge >= 0.3 is 0 Å². The molecule has 0 radical (unpaired) electrons. The molecule has 0 heterocycles. The van der Waals surface area contributed by atoms with Crippen LogP contribution in [0.15, 0.2) is 67.0 Å². The summed E-state index contributed by atoms with van der Waals surface area (Å²) >= 11 is 0. The Balaban J connectivity index is 1.56. The molecule has 0 N–H and O–H groups in total. The van der Waals surface area contributed by atoms with Crippen molar-refractivity contribution < 1.29 is 4.39 Å². The summed E-state index contributed by atoms with van der Waals surface area (Å²) in [6, 6.07) is 8.80. The minimum Gasteiger partial charge on any atom is -0.247 e. The minimum absolute atomic E-state index is 0.0685. The quantitative estimate of drug-likeness (QED) is 0.253. The van der Waals surface area contributed by atoms with E-state index in [1.54, 1.807) is 0 Å². The summed E-state index contributed by atoms with van der Waals surface area (Å²) in [5.41, 5.74) is 5.81. The zero-order chi connectivity index (χ0) is 19.9. The average Bonchev–Trinajstić information content (AvgIpc) is 3.23. The van der Waals surface area contributed by atoms with E-state index in [1.807, 2.05) is 6.08 Å². The van der Waals surface area contributed by atoms with Crippen LogP contribution in [-0.4, -0.2) is 6.17 Å². The lowest BCUT2D eigenvalue weighted by atomic mass is 9.84. The van der Waals surface area contributed by atoms with Crippen molar-refractivity contribution in [3.05, 3.63) is 78.1 Å². The number of benzene rings is 1. The molecule has 5 atom stereocenters. The van der Waals surface area contributed by atoms with Gasteiger partial charge in [-0.3, -0.25) is 0 Å². The van der Waals surface area contributed by atoms with Crippen molar-refractivity contribution in [1.29, 1.82) is 0 Å². The highest BCUT2D eigenvalue weighted by Gasteiger charge is 2.39. The molecule has 0 bridgehead atoms. The van der Waals surface area contributed by atoms with E-state index >= 15 is 0 Å². The molecular weight excluding hydrogens is 343 g/mol. The largest absolute Gasteiger partial charge is 0.247 e. The van der Waals surface area contributed by atoms with Crippen LogP contribution in [-0.2, 0) is 12.8 Å². The van der Waals surface area contributed by atoms with Gasteiger partial charge in [0, 0.05) is 5.92 Å². The van der Waals surface area contributed by atoms with Crippen LogP contribution in [0.2, 0.25) is 0 Å². The van der Waals surface area contributed by atoms with Crippen LogP contribution in [0, 0.1) is 29.6 Å². The van der Waals surface area contributed by atoms with Crippen LogP contribution in [0.4, 0.5) is 4.39 Å². The van der Waals surface area contributed by atoms with E-state index in [9.17, 15) is 4.39 Å². The zero-order valence-corrected chi connectivity index (χ0v) is 17.5. The fraction of sp³-hybridized carbons (Fsp3) is 0.519. The standard InChI is InChI=1S/C27H35F/c1-4-5-6-7-8-9-14-25-21(3)17-27(28)26(25)16-15-20(2)24-18-22-12-10-11-13-23(22)19-24/h5,8-13,15-16,20-21,24-27H,1,6-7,14,17-19H2,2-3H3/b9-8-,16-15+/t20?,21-,25?,26?,27?/m0/s1. The second-order valence-corrected chi connectivity index (χ2v) is 8.84. The monoisotopic (exact) mass is 378 g/mol. The third-order valence-electron chi connectivity index (χ3n) is 6.90. The van der Waals surface area contributed by atoms with E-state index in [-0.39, 0.29) is 5.92 Å². The summed E-state index contributed by atoms with van der Waals surface area (Å²) in [6.45, 7) is 8.12. The highest BCUT2D eigenvalue weighted by atomic mass is 19.1. The van der Waals surface area contributed by atoms with E-state index in [1.165, 1.54) is 11.1 Å². The molecule has 0 aromatic heterocycles. The van der Waals surface area contributed by atoms with Gasteiger partial charge in [-0.25, -0.2) is 4.39 Å². The highest BCUT2D eigenvalue weighted by molar-refractivity contribution is 5.32. The molecule has 1 aromatic carbocycles. The van der Waals surface area contributed by atoms with Crippen molar-refractivity contribution in [2.24, 2.45) is 29.6 Å². The maximum atomic E-state index is 14.7. The van der Waals surface area contributed by atoms with Gasteiger partial charge in [0.15, 0.2) is 0 Å². The number of fused-ring (bicyclic) bond motifs is 1. The molecule has 2 aliphatic rings. The number of alkyl halides is 1. The summed E-state index contributed by atoms with van der Waals surface area (Å²) in [5.74, 6) is 2.09. The van der Waals surface area contributed by atoms with Crippen LogP contribution >= 0.6 is 0 Å². The molecule has 28 heavy (non-hydrogen) atoms. The Morgan fingerprint density at radius 1 is 1.18 bits per heavy atom. The van der Waals surface area contributed by atoms with E-state index < -0.39 is 6.17 Å². The third-order valence-corrected chi connectivity index (χ3v) is 6.90. The van der Waals surface area contributed by atoms with Gasteiger partial charge in [0.1, 0.15) is 6.17 Å². The Kier molecular flexibility index (Phi) is 7.51. The minimum atomic E-state index is -0.693. The first-order valence-electron chi connectivity index (χ1n) is 11.0. The number of hydrogen-bond acceptors (Lipinski definition) is 0. The molecule has 0 aliphatic heterocycles. The number of hydrogen-bond donors (Lipinski definition) is 0. The molecular formula is C27H35F. The van der Waals surface area contributed by atoms with Crippen molar-refractivity contribution in [3.8, 4) is 0 Å². The first-order chi connectivity index (χ1) is 13.6. The van der Waals surface area contributed by atoms with Crippen molar-refractivity contribution in [2.75, 3.05) is 0 Å². The number of allylic oxidation sites excluding steroid dienone is 5. The molecule has 0 saturated heterocycles. The molecule has 1 fully saturated rings. The molecule has 1 aromatic rings. The summed E-state index contributed by atoms with van der Waals surface area (Å²) in [6.07, 6.45) is 16.3. The average molecular weight is 379 g/mol.